The first-order valence-electron chi connectivity index (χ1n) is 6.36. The first-order chi connectivity index (χ1) is 9.17. The molecule has 0 spiro atoms. The van der Waals surface area contributed by atoms with E-state index < -0.39 is 12.0 Å². The zero-order valence-corrected chi connectivity index (χ0v) is 11.3. The predicted molar refractivity (Wildman–Crippen MR) is 70.7 cm³/mol. The summed E-state index contributed by atoms with van der Waals surface area (Å²) in [6.07, 6.45) is 2.09. The van der Waals surface area contributed by atoms with Crippen LogP contribution < -0.4 is 9.47 Å². The number of carbonyl (C=O) groups is 1. The lowest BCUT2D eigenvalue weighted by atomic mass is 10.0. The van der Waals surface area contributed by atoms with Crippen LogP contribution in [0.25, 0.3) is 0 Å². The number of carboxylic acid groups (broad SMARTS) is 1. The van der Waals surface area contributed by atoms with Crippen molar-refractivity contribution >= 4 is 5.97 Å². The lowest BCUT2D eigenvalue weighted by molar-refractivity contribution is -0.143. The van der Waals surface area contributed by atoms with Crippen molar-refractivity contribution in [2.45, 2.75) is 18.9 Å². The fourth-order valence-electron chi connectivity index (χ4n) is 2.53. The number of hydrogen-bond acceptors (Lipinski definition) is 4. The molecule has 0 aliphatic carbocycles. The summed E-state index contributed by atoms with van der Waals surface area (Å²) in [6, 6.07) is 4.61. The number of methoxy groups -OCH3 is 2. The van der Waals surface area contributed by atoms with Crippen molar-refractivity contribution in [3.8, 4) is 11.5 Å². The summed E-state index contributed by atoms with van der Waals surface area (Å²) < 4.78 is 10.4. The SMILES string of the molecule is COc1ccc(C(C(=O)O)N2CCCC2)c(OC)c1. The average molecular weight is 265 g/mol. The van der Waals surface area contributed by atoms with Gasteiger partial charge in [-0.1, -0.05) is 0 Å². The van der Waals surface area contributed by atoms with Gasteiger partial charge in [-0.05, 0) is 38.1 Å². The van der Waals surface area contributed by atoms with Crippen LogP contribution in [0.3, 0.4) is 0 Å². The number of likely N-dealkylation sites (tertiary alicyclic amines) is 1. The molecule has 1 unspecified atom stereocenters. The van der Waals surface area contributed by atoms with E-state index in [1.165, 1.54) is 0 Å². The van der Waals surface area contributed by atoms with Crippen molar-refractivity contribution in [3.05, 3.63) is 23.8 Å². The van der Waals surface area contributed by atoms with E-state index >= 15 is 0 Å². The molecule has 1 fully saturated rings. The summed E-state index contributed by atoms with van der Waals surface area (Å²) in [5.74, 6) is 0.371. The van der Waals surface area contributed by atoms with Gasteiger partial charge in [0.15, 0.2) is 0 Å². The number of benzene rings is 1. The monoisotopic (exact) mass is 265 g/mol. The van der Waals surface area contributed by atoms with Crippen LogP contribution >= 0.6 is 0 Å². The van der Waals surface area contributed by atoms with Gasteiger partial charge >= 0.3 is 5.97 Å². The minimum atomic E-state index is -0.842. The topological polar surface area (TPSA) is 59.0 Å². The Morgan fingerprint density at radius 2 is 1.95 bits per heavy atom. The first-order valence-corrected chi connectivity index (χ1v) is 6.36. The van der Waals surface area contributed by atoms with E-state index in [1.54, 1.807) is 32.4 Å². The molecule has 1 aliphatic rings. The van der Waals surface area contributed by atoms with E-state index in [0.29, 0.717) is 17.1 Å². The van der Waals surface area contributed by atoms with E-state index in [1.807, 2.05) is 4.90 Å². The molecule has 1 aromatic carbocycles. The summed E-state index contributed by atoms with van der Waals surface area (Å²) in [4.78, 5) is 13.6. The van der Waals surface area contributed by atoms with Gasteiger partial charge in [0.05, 0.1) is 14.2 Å². The maximum atomic E-state index is 11.6. The highest BCUT2D eigenvalue weighted by Gasteiger charge is 2.31. The van der Waals surface area contributed by atoms with Gasteiger partial charge in [-0.3, -0.25) is 9.69 Å². The number of hydrogen-bond donors (Lipinski definition) is 1. The third-order valence-electron chi connectivity index (χ3n) is 3.47. The van der Waals surface area contributed by atoms with Crippen LogP contribution in [0.1, 0.15) is 24.4 Å². The van der Waals surface area contributed by atoms with Crippen LogP contribution in [0.15, 0.2) is 18.2 Å². The molecule has 1 heterocycles. The zero-order valence-electron chi connectivity index (χ0n) is 11.3. The smallest absolute Gasteiger partial charge is 0.325 e. The second kappa shape index (κ2) is 5.93. The van der Waals surface area contributed by atoms with E-state index in [9.17, 15) is 9.90 Å². The second-order valence-corrected chi connectivity index (χ2v) is 4.59. The maximum Gasteiger partial charge on any atom is 0.325 e. The van der Waals surface area contributed by atoms with Gasteiger partial charge in [-0.15, -0.1) is 0 Å². The van der Waals surface area contributed by atoms with Crippen molar-refractivity contribution in [2.24, 2.45) is 0 Å². The van der Waals surface area contributed by atoms with Gasteiger partial charge < -0.3 is 14.6 Å². The summed E-state index contributed by atoms with van der Waals surface area (Å²) in [6.45, 7) is 1.62. The third kappa shape index (κ3) is 2.81. The molecular weight excluding hydrogens is 246 g/mol. The molecule has 0 radical (unpaired) electrons. The highest BCUT2D eigenvalue weighted by atomic mass is 16.5. The molecule has 19 heavy (non-hydrogen) atoms. The summed E-state index contributed by atoms with van der Waals surface area (Å²) >= 11 is 0. The van der Waals surface area contributed by atoms with Gasteiger partial charge in [-0.25, -0.2) is 0 Å². The quantitative estimate of drug-likeness (QED) is 0.881. The Kier molecular flexibility index (Phi) is 4.27. The Balaban J connectivity index is 2.38. The maximum absolute atomic E-state index is 11.6. The number of carboxylic acids is 1. The first kappa shape index (κ1) is 13.7. The van der Waals surface area contributed by atoms with Crippen molar-refractivity contribution in [1.29, 1.82) is 0 Å². The molecule has 1 atom stereocenters. The molecule has 0 amide bonds. The standard InChI is InChI=1S/C14H19NO4/c1-18-10-5-6-11(12(9-10)19-2)13(14(16)17)15-7-3-4-8-15/h5-6,9,13H,3-4,7-8H2,1-2H3,(H,16,17). The minimum absolute atomic E-state index is 0.554. The van der Waals surface area contributed by atoms with Gasteiger partial charge in [0, 0.05) is 11.6 Å². The van der Waals surface area contributed by atoms with Gasteiger partial charge in [0.25, 0.3) is 0 Å². The van der Waals surface area contributed by atoms with Gasteiger partial charge in [0.2, 0.25) is 0 Å². The molecule has 104 valence electrons. The van der Waals surface area contributed by atoms with Crippen molar-refractivity contribution in [2.75, 3.05) is 27.3 Å². The lowest BCUT2D eigenvalue weighted by Crippen LogP contribution is -2.32. The number of nitrogens with zero attached hydrogens (tertiary/aromatic N) is 1. The van der Waals surface area contributed by atoms with Crippen molar-refractivity contribution < 1.29 is 19.4 Å². The van der Waals surface area contributed by atoms with Crippen molar-refractivity contribution in [3.63, 3.8) is 0 Å². The summed E-state index contributed by atoms with van der Waals surface area (Å²) in [5.41, 5.74) is 0.678. The van der Waals surface area contributed by atoms with Crippen LogP contribution in [0.5, 0.6) is 11.5 Å². The molecule has 2 rings (SSSR count). The highest BCUT2D eigenvalue weighted by molar-refractivity contribution is 5.77. The van der Waals surface area contributed by atoms with Crippen molar-refractivity contribution in [1.82, 2.24) is 4.90 Å². The molecule has 1 aromatic rings. The molecule has 0 saturated carbocycles. The average Bonchev–Trinajstić information content (AvgIpc) is 2.92. The van der Waals surface area contributed by atoms with Gasteiger partial charge in [0.1, 0.15) is 17.5 Å². The molecule has 1 saturated heterocycles. The van der Waals surface area contributed by atoms with Gasteiger partial charge in [-0.2, -0.15) is 0 Å². The Hall–Kier alpha value is -1.75. The molecule has 1 N–H and O–H groups in total. The highest BCUT2D eigenvalue weighted by Crippen LogP contribution is 2.34. The molecule has 5 heteroatoms. The Bertz CT molecular complexity index is 455. The largest absolute Gasteiger partial charge is 0.497 e. The Labute approximate surface area is 112 Å². The Morgan fingerprint density at radius 1 is 1.26 bits per heavy atom. The second-order valence-electron chi connectivity index (χ2n) is 4.59. The number of aliphatic carboxylic acids is 1. The predicted octanol–water partition coefficient (Wildman–Crippen LogP) is 1.93. The van der Waals surface area contributed by atoms with Crippen LogP contribution in [0, 0.1) is 0 Å². The Morgan fingerprint density at radius 3 is 2.47 bits per heavy atom. The van der Waals surface area contributed by atoms with Crippen LogP contribution in [0.4, 0.5) is 0 Å². The van der Waals surface area contributed by atoms with Crippen LogP contribution in [-0.4, -0.2) is 43.3 Å². The molecular formula is C14H19NO4. The van der Waals surface area contributed by atoms with E-state index in [0.717, 1.165) is 25.9 Å². The van der Waals surface area contributed by atoms with E-state index in [-0.39, 0.29) is 0 Å². The number of rotatable bonds is 5. The third-order valence-corrected chi connectivity index (χ3v) is 3.47. The van der Waals surface area contributed by atoms with Crippen LogP contribution in [-0.2, 0) is 4.79 Å². The minimum Gasteiger partial charge on any atom is -0.497 e. The molecule has 5 nitrogen and oxygen atoms in total. The lowest BCUT2D eigenvalue weighted by Gasteiger charge is -2.25. The molecule has 0 bridgehead atoms. The summed E-state index contributed by atoms with van der Waals surface area (Å²) in [5, 5.41) is 9.51. The van der Waals surface area contributed by atoms with E-state index in [2.05, 4.69) is 0 Å². The normalized spacial score (nSPS) is 17.2. The molecule has 0 aromatic heterocycles. The number of ether oxygens (including phenoxy) is 2. The fourth-order valence-corrected chi connectivity index (χ4v) is 2.53. The van der Waals surface area contributed by atoms with Crippen LogP contribution in [0.2, 0.25) is 0 Å². The van der Waals surface area contributed by atoms with E-state index in [4.69, 9.17) is 9.47 Å². The summed E-state index contributed by atoms with van der Waals surface area (Å²) in [7, 11) is 3.12. The molecule has 1 aliphatic heterocycles. The fraction of sp³-hybridized carbons (Fsp3) is 0.500. The zero-order chi connectivity index (χ0) is 13.8.